The fourth-order valence-corrected chi connectivity index (χ4v) is 2.11. The van der Waals surface area contributed by atoms with Gasteiger partial charge in [-0.25, -0.2) is 5.43 Å². The van der Waals surface area contributed by atoms with Gasteiger partial charge in [0.2, 0.25) is 5.75 Å². The molecule has 0 saturated carbocycles. The molecule has 0 fully saturated rings. The van der Waals surface area contributed by atoms with Gasteiger partial charge in [-0.3, -0.25) is 14.9 Å². The van der Waals surface area contributed by atoms with Crippen molar-refractivity contribution in [3.8, 4) is 17.2 Å². The molecule has 2 rings (SSSR count). The molecule has 2 N–H and O–H groups in total. The van der Waals surface area contributed by atoms with Crippen molar-refractivity contribution in [1.29, 1.82) is 0 Å². The third-order valence-corrected chi connectivity index (χ3v) is 3.41. The summed E-state index contributed by atoms with van der Waals surface area (Å²) in [5, 5.41) is 25.1. The Morgan fingerprint density at radius 2 is 2.04 bits per heavy atom. The van der Waals surface area contributed by atoms with E-state index in [1.165, 1.54) is 12.3 Å². The summed E-state index contributed by atoms with van der Waals surface area (Å²) >= 11 is 5.75. The van der Waals surface area contributed by atoms with E-state index >= 15 is 0 Å². The normalized spacial score (nSPS) is 10.6. The van der Waals surface area contributed by atoms with E-state index in [-0.39, 0.29) is 24.5 Å². The van der Waals surface area contributed by atoms with Gasteiger partial charge in [-0.15, -0.1) is 0 Å². The van der Waals surface area contributed by atoms with Crippen LogP contribution >= 0.6 is 11.6 Å². The maximum absolute atomic E-state index is 11.7. The average Bonchev–Trinajstić information content (AvgIpc) is 2.63. The number of nitrogens with one attached hydrogen (secondary N) is 1. The van der Waals surface area contributed by atoms with Gasteiger partial charge in [0, 0.05) is 16.7 Å². The zero-order chi connectivity index (χ0) is 19.8. The number of nitro groups is 1. The van der Waals surface area contributed by atoms with Crippen molar-refractivity contribution < 1.29 is 24.3 Å². The fourth-order valence-electron chi connectivity index (χ4n) is 1.98. The van der Waals surface area contributed by atoms with Crippen LogP contribution in [0.1, 0.15) is 12.5 Å². The number of phenolic OH excluding ortho intramolecular Hbond substituents is 1. The lowest BCUT2D eigenvalue weighted by Gasteiger charge is -2.07. The van der Waals surface area contributed by atoms with Crippen LogP contribution in [0.4, 0.5) is 5.69 Å². The van der Waals surface area contributed by atoms with Crippen LogP contribution in [0.5, 0.6) is 17.2 Å². The quantitative estimate of drug-likeness (QED) is 0.404. The molecule has 0 radical (unpaired) electrons. The van der Waals surface area contributed by atoms with Crippen LogP contribution in [-0.2, 0) is 4.79 Å². The van der Waals surface area contributed by atoms with Crippen LogP contribution in [0.2, 0.25) is 5.02 Å². The van der Waals surface area contributed by atoms with Crippen LogP contribution in [0.25, 0.3) is 0 Å². The minimum Gasteiger partial charge on any atom is -0.500 e. The van der Waals surface area contributed by atoms with E-state index in [0.717, 1.165) is 6.07 Å². The van der Waals surface area contributed by atoms with Gasteiger partial charge in [-0.1, -0.05) is 11.6 Å². The highest BCUT2D eigenvalue weighted by Gasteiger charge is 2.19. The van der Waals surface area contributed by atoms with E-state index in [1.54, 1.807) is 31.2 Å². The molecule has 1 amide bonds. The number of benzene rings is 2. The lowest BCUT2D eigenvalue weighted by atomic mass is 10.2. The van der Waals surface area contributed by atoms with Crippen molar-refractivity contribution in [2.24, 2.45) is 5.10 Å². The SMILES string of the molecule is CCOc1cc(C=NNC(=O)COc2ccc(Cl)cc2)cc([N+](=O)[O-])c1O. The van der Waals surface area contributed by atoms with Crippen molar-refractivity contribution in [1.82, 2.24) is 5.43 Å². The first-order chi connectivity index (χ1) is 12.9. The molecule has 10 heteroatoms. The summed E-state index contributed by atoms with van der Waals surface area (Å²) in [4.78, 5) is 22.0. The highest BCUT2D eigenvalue weighted by molar-refractivity contribution is 6.30. The smallest absolute Gasteiger partial charge is 0.315 e. The van der Waals surface area contributed by atoms with Crippen molar-refractivity contribution in [2.45, 2.75) is 6.92 Å². The number of hydrogen-bond donors (Lipinski definition) is 2. The summed E-state index contributed by atoms with van der Waals surface area (Å²) in [6.45, 7) is 1.61. The van der Waals surface area contributed by atoms with Crippen LogP contribution in [0, 0.1) is 10.1 Å². The summed E-state index contributed by atoms with van der Waals surface area (Å²) in [5.74, 6) is -0.682. The summed E-state index contributed by atoms with van der Waals surface area (Å²) < 4.78 is 10.4. The highest BCUT2D eigenvalue weighted by atomic mass is 35.5. The number of aromatic hydroxyl groups is 1. The van der Waals surface area contributed by atoms with E-state index in [2.05, 4.69) is 10.5 Å². The number of halogens is 1. The van der Waals surface area contributed by atoms with Crippen molar-refractivity contribution >= 4 is 29.4 Å². The topological polar surface area (TPSA) is 123 Å². The van der Waals surface area contributed by atoms with E-state index in [1.807, 2.05) is 0 Å². The van der Waals surface area contributed by atoms with E-state index in [9.17, 15) is 20.0 Å². The zero-order valence-corrected chi connectivity index (χ0v) is 15.0. The number of hydrazone groups is 1. The molecule has 0 aliphatic heterocycles. The lowest BCUT2D eigenvalue weighted by molar-refractivity contribution is -0.386. The summed E-state index contributed by atoms with van der Waals surface area (Å²) in [6.07, 6.45) is 1.19. The molecular formula is C17H16ClN3O6. The summed E-state index contributed by atoms with van der Waals surface area (Å²) in [7, 11) is 0. The van der Waals surface area contributed by atoms with Crippen LogP contribution < -0.4 is 14.9 Å². The monoisotopic (exact) mass is 393 g/mol. The van der Waals surface area contributed by atoms with Crippen LogP contribution in [0.3, 0.4) is 0 Å². The van der Waals surface area contributed by atoms with E-state index in [4.69, 9.17) is 21.1 Å². The molecule has 0 bridgehead atoms. The van der Waals surface area contributed by atoms with Gasteiger partial charge in [-0.2, -0.15) is 5.10 Å². The fraction of sp³-hybridized carbons (Fsp3) is 0.176. The van der Waals surface area contributed by atoms with Crippen molar-refractivity contribution in [3.05, 3.63) is 57.1 Å². The molecule has 27 heavy (non-hydrogen) atoms. The molecule has 9 nitrogen and oxygen atoms in total. The number of ether oxygens (including phenoxy) is 2. The van der Waals surface area contributed by atoms with E-state index in [0.29, 0.717) is 10.8 Å². The van der Waals surface area contributed by atoms with Crippen LogP contribution in [-0.4, -0.2) is 35.4 Å². The second-order valence-corrected chi connectivity index (χ2v) is 5.55. The number of rotatable bonds is 8. The Hall–Kier alpha value is -3.33. The number of phenols is 1. The number of nitro benzene ring substituents is 1. The molecular weight excluding hydrogens is 378 g/mol. The molecule has 0 saturated heterocycles. The van der Waals surface area contributed by atoms with Gasteiger partial charge in [-0.05, 0) is 37.3 Å². The summed E-state index contributed by atoms with van der Waals surface area (Å²) in [5.41, 5.74) is 1.97. The van der Waals surface area contributed by atoms with Gasteiger partial charge in [0.25, 0.3) is 5.91 Å². The van der Waals surface area contributed by atoms with E-state index < -0.39 is 22.3 Å². The molecule has 2 aromatic rings. The average molecular weight is 394 g/mol. The minimum atomic E-state index is -0.742. The highest BCUT2D eigenvalue weighted by Crippen LogP contribution is 2.36. The lowest BCUT2D eigenvalue weighted by Crippen LogP contribution is -2.24. The maximum atomic E-state index is 11.7. The molecule has 0 unspecified atom stereocenters. The van der Waals surface area contributed by atoms with Gasteiger partial charge in [0.15, 0.2) is 12.4 Å². The Kier molecular flexibility index (Phi) is 6.95. The maximum Gasteiger partial charge on any atom is 0.315 e. The Bertz CT molecular complexity index is 854. The molecule has 2 aromatic carbocycles. The molecule has 0 spiro atoms. The number of nitrogens with zero attached hydrogens (tertiary/aromatic N) is 2. The first-order valence-electron chi connectivity index (χ1n) is 7.75. The van der Waals surface area contributed by atoms with Crippen LogP contribution in [0.15, 0.2) is 41.5 Å². The second-order valence-electron chi connectivity index (χ2n) is 5.11. The number of amides is 1. The first kappa shape index (κ1) is 20.0. The largest absolute Gasteiger partial charge is 0.500 e. The first-order valence-corrected chi connectivity index (χ1v) is 8.13. The number of hydrogen-bond acceptors (Lipinski definition) is 7. The van der Waals surface area contributed by atoms with Gasteiger partial charge >= 0.3 is 5.69 Å². The summed E-state index contributed by atoms with van der Waals surface area (Å²) in [6, 6.07) is 8.96. The molecule has 0 atom stereocenters. The second kappa shape index (κ2) is 9.39. The predicted octanol–water partition coefficient (Wildman–Crippen LogP) is 2.88. The number of carbonyl (C=O) groups is 1. The molecule has 0 aliphatic rings. The van der Waals surface area contributed by atoms with Gasteiger partial charge in [0.1, 0.15) is 5.75 Å². The predicted molar refractivity (Wildman–Crippen MR) is 98.6 cm³/mol. The molecule has 0 heterocycles. The van der Waals surface area contributed by atoms with Gasteiger partial charge < -0.3 is 14.6 Å². The molecule has 0 aliphatic carbocycles. The third-order valence-electron chi connectivity index (χ3n) is 3.16. The zero-order valence-electron chi connectivity index (χ0n) is 14.2. The standard InChI is InChI=1S/C17H16ClN3O6/c1-2-26-15-8-11(7-14(17(15)23)21(24)25)9-19-20-16(22)10-27-13-5-3-12(18)4-6-13/h3-9,23H,2,10H2,1H3,(H,20,22). The van der Waals surface area contributed by atoms with Gasteiger partial charge in [0.05, 0.1) is 17.7 Å². The Balaban J connectivity index is 1.99. The minimum absolute atomic E-state index is 0.0504. The molecule has 142 valence electrons. The van der Waals surface area contributed by atoms with Crippen molar-refractivity contribution in [3.63, 3.8) is 0 Å². The number of carbonyl (C=O) groups excluding carboxylic acids is 1. The van der Waals surface area contributed by atoms with Crippen molar-refractivity contribution in [2.75, 3.05) is 13.2 Å². The Labute approximate surface area is 159 Å². The Morgan fingerprint density at radius 3 is 2.67 bits per heavy atom. The Morgan fingerprint density at radius 1 is 1.33 bits per heavy atom. The molecule has 0 aromatic heterocycles. The third kappa shape index (κ3) is 5.86.